The van der Waals surface area contributed by atoms with E-state index in [-0.39, 0.29) is 23.0 Å². The van der Waals surface area contributed by atoms with Gasteiger partial charge >= 0.3 is 0 Å². The van der Waals surface area contributed by atoms with Crippen LogP contribution in [0, 0.1) is 34.5 Å². The molecule has 12 atom stereocenters. The molecule has 0 amide bonds. The fourth-order valence-electron chi connectivity index (χ4n) is 8.50. The van der Waals surface area contributed by atoms with E-state index < -0.39 is 37.3 Å². The van der Waals surface area contributed by atoms with Crippen molar-refractivity contribution in [2.45, 2.75) is 123 Å². The predicted octanol–water partition coefficient (Wildman–Crippen LogP) is 4.19. The van der Waals surface area contributed by atoms with E-state index >= 15 is 0 Å². The lowest BCUT2D eigenvalue weighted by atomic mass is 9.51. The molecule has 230 valence electrons. The molecular weight excluding hydrogens is 520 g/mol. The van der Waals surface area contributed by atoms with Crippen molar-refractivity contribution in [3.8, 4) is 0 Å². The van der Waals surface area contributed by atoms with Crippen LogP contribution in [-0.2, 0) is 9.47 Å². The molecule has 7 heteroatoms. The van der Waals surface area contributed by atoms with Crippen LogP contribution in [0.3, 0.4) is 0 Å². The van der Waals surface area contributed by atoms with Crippen LogP contribution in [0.2, 0.25) is 0 Å². The molecule has 2 saturated carbocycles. The fourth-order valence-corrected chi connectivity index (χ4v) is 8.50. The first-order valence-corrected chi connectivity index (χ1v) is 15.8. The minimum atomic E-state index is -1.48. The fraction of sp³-hybridized carbons (Fsp3) is 0.765. The van der Waals surface area contributed by atoms with Crippen LogP contribution in [0.1, 0.15) is 80.1 Å². The van der Waals surface area contributed by atoms with Gasteiger partial charge in [-0.2, -0.15) is 0 Å². The van der Waals surface area contributed by atoms with Gasteiger partial charge in [-0.05, 0) is 84.8 Å². The molecule has 1 heterocycles. The lowest BCUT2D eigenvalue weighted by molar-refractivity contribution is -0.307. The Kier molecular flexibility index (Phi) is 8.84. The second-order valence-corrected chi connectivity index (χ2v) is 14.3. The predicted molar refractivity (Wildman–Crippen MR) is 158 cm³/mol. The van der Waals surface area contributed by atoms with E-state index in [0.29, 0.717) is 30.1 Å². The van der Waals surface area contributed by atoms with E-state index in [0.717, 1.165) is 37.7 Å². The molecule has 41 heavy (non-hydrogen) atoms. The highest BCUT2D eigenvalue weighted by Crippen LogP contribution is 2.64. The number of ether oxygens (including phenoxy) is 2. The molecule has 0 spiro atoms. The van der Waals surface area contributed by atoms with Crippen molar-refractivity contribution < 1.29 is 35.0 Å². The number of rotatable bonds is 6. The Morgan fingerprint density at radius 1 is 1.07 bits per heavy atom. The van der Waals surface area contributed by atoms with E-state index in [1.165, 1.54) is 16.7 Å². The lowest BCUT2D eigenvalue weighted by Crippen LogP contribution is -2.59. The first kappa shape index (κ1) is 31.1. The number of aliphatic hydroxyl groups excluding tert-OH is 5. The molecule has 12 unspecified atom stereocenters. The maximum Gasteiger partial charge on any atom is 0.187 e. The molecule has 3 fully saturated rings. The second-order valence-electron chi connectivity index (χ2n) is 14.3. The largest absolute Gasteiger partial charge is 0.394 e. The summed E-state index contributed by atoms with van der Waals surface area (Å²) >= 11 is 0. The van der Waals surface area contributed by atoms with Gasteiger partial charge in [-0.3, -0.25) is 0 Å². The quantitative estimate of drug-likeness (QED) is 0.324. The molecule has 0 aromatic rings. The van der Waals surface area contributed by atoms with E-state index in [4.69, 9.17) is 9.47 Å². The Hall–Kier alpha value is -1.32. The Balaban J connectivity index is 1.56. The van der Waals surface area contributed by atoms with Crippen molar-refractivity contribution in [3.63, 3.8) is 0 Å². The average Bonchev–Trinajstić information content (AvgIpc) is 3.23. The number of aliphatic hydroxyl groups is 5. The molecule has 5 N–H and O–H groups in total. The first-order chi connectivity index (χ1) is 19.3. The third-order valence-electron chi connectivity index (χ3n) is 11.6. The Morgan fingerprint density at radius 3 is 2.49 bits per heavy atom. The van der Waals surface area contributed by atoms with Gasteiger partial charge in [0.25, 0.3) is 0 Å². The molecule has 5 rings (SSSR count). The third-order valence-corrected chi connectivity index (χ3v) is 11.6. The third kappa shape index (κ3) is 5.34. The summed E-state index contributed by atoms with van der Waals surface area (Å²) in [5.41, 5.74) is 5.01. The Morgan fingerprint density at radius 2 is 1.80 bits per heavy atom. The molecule has 7 nitrogen and oxygen atoms in total. The van der Waals surface area contributed by atoms with Gasteiger partial charge < -0.3 is 35.0 Å². The van der Waals surface area contributed by atoms with Crippen molar-refractivity contribution in [1.82, 2.24) is 0 Å². The number of hydrogen-bond acceptors (Lipinski definition) is 7. The summed E-state index contributed by atoms with van der Waals surface area (Å²) in [6.45, 7) is 13.1. The van der Waals surface area contributed by atoms with E-state index in [1.807, 2.05) is 0 Å². The molecule has 4 aliphatic carbocycles. The molecule has 0 bridgehead atoms. The topological polar surface area (TPSA) is 120 Å². The Labute approximate surface area is 245 Å². The molecule has 1 aliphatic heterocycles. The van der Waals surface area contributed by atoms with Gasteiger partial charge in [0.2, 0.25) is 0 Å². The minimum Gasteiger partial charge on any atom is -0.394 e. The summed E-state index contributed by atoms with van der Waals surface area (Å²) in [5.74, 6) is 1.74. The van der Waals surface area contributed by atoms with Gasteiger partial charge in [0.15, 0.2) is 6.29 Å². The number of allylic oxidation sites excluding steroid dienone is 6. The van der Waals surface area contributed by atoms with Crippen molar-refractivity contribution >= 4 is 0 Å². The van der Waals surface area contributed by atoms with Crippen molar-refractivity contribution in [1.29, 1.82) is 0 Å². The second kappa shape index (κ2) is 11.6. The van der Waals surface area contributed by atoms with Crippen LogP contribution >= 0.6 is 0 Å². The summed E-state index contributed by atoms with van der Waals surface area (Å²) in [6.07, 6.45) is 7.42. The molecule has 1 saturated heterocycles. The molecule has 0 radical (unpaired) electrons. The standard InChI is InChI=1S/C34H52O7/c1-18(2)19(3)7-8-20(4)28-26(40-32-31(39)30(38)29(37)27(17-35)41-32)16-25-23-10-9-21-15-22(36)11-13-33(21,5)24(23)12-14-34(25,28)6/h7-10,18-19,21-22,24,26-27,29-32,35-39H,11-17H2,1-6H3. The van der Waals surface area contributed by atoms with E-state index in [2.05, 4.69) is 65.8 Å². The van der Waals surface area contributed by atoms with Crippen LogP contribution in [0.5, 0.6) is 0 Å². The summed E-state index contributed by atoms with van der Waals surface area (Å²) in [6, 6.07) is 0. The monoisotopic (exact) mass is 572 g/mol. The Bertz CT molecular complexity index is 1100. The molecule has 0 aromatic carbocycles. The van der Waals surface area contributed by atoms with E-state index in [9.17, 15) is 25.5 Å². The van der Waals surface area contributed by atoms with Crippen molar-refractivity contribution in [2.24, 2.45) is 34.5 Å². The highest BCUT2D eigenvalue weighted by molar-refractivity contribution is 5.52. The van der Waals surface area contributed by atoms with Crippen LogP contribution in [-0.4, -0.2) is 75.1 Å². The van der Waals surface area contributed by atoms with Gasteiger partial charge in [-0.15, -0.1) is 0 Å². The number of hydrogen-bond donors (Lipinski definition) is 5. The lowest BCUT2D eigenvalue weighted by Gasteiger charge is -2.53. The van der Waals surface area contributed by atoms with Gasteiger partial charge in [-0.1, -0.05) is 64.5 Å². The molecule has 5 aliphatic rings. The van der Waals surface area contributed by atoms with Gasteiger partial charge in [0, 0.05) is 11.8 Å². The van der Waals surface area contributed by atoms with Crippen LogP contribution in [0.4, 0.5) is 0 Å². The molecule has 0 aromatic heterocycles. The summed E-state index contributed by atoms with van der Waals surface area (Å²) in [7, 11) is 0. The number of fused-ring (bicyclic) bond motifs is 4. The zero-order valence-corrected chi connectivity index (χ0v) is 25.7. The van der Waals surface area contributed by atoms with Crippen LogP contribution in [0.15, 0.2) is 46.6 Å². The van der Waals surface area contributed by atoms with Crippen molar-refractivity contribution in [2.75, 3.05) is 6.61 Å². The molecular formula is C34H52O7. The highest BCUT2D eigenvalue weighted by Gasteiger charge is 2.56. The maximum atomic E-state index is 10.8. The van der Waals surface area contributed by atoms with Crippen molar-refractivity contribution in [3.05, 3.63) is 46.6 Å². The minimum absolute atomic E-state index is 0.124. The highest BCUT2D eigenvalue weighted by atomic mass is 16.7. The zero-order valence-electron chi connectivity index (χ0n) is 25.7. The zero-order chi connectivity index (χ0) is 29.9. The van der Waals surface area contributed by atoms with Gasteiger partial charge in [0.1, 0.15) is 24.4 Å². The summed E-state index contributed by atoms with van der Waals surface area (Å²) < 4.78 is 12.4. The maximum absolute atomic E-state index is 10.8. The SMILES string of the molecule is CC(C=CC(C)C(C)C)=C1C(OC2OC(CO)C(O)C(O)C2O)CC2=C3C=CC4CC(O)CCC4(C)C3CCC21C. The van der Waals surface area contributed by atoms with Gasteiger partial charge in [0.05, 0.1) is 18.8 Å². The van der Waals surface area contributed by atoms with Crippen LogP contribution < -0.4 is 0 Å². The van der Waals surface area contributed by atoms with E-state index in [1.54, 1.807) is 0 Å². The average molecular weight is 573 g/mol. The summed E-state index contributed by atoms with van der Waals surface area (Å²) in [5, 5.41) is 51.7. The smallest absolute Gasteiger partial charge is 0.187 e. The summed E-state index contributed by atoms with van der Waals surface area (Å²) in [4.78, 5) is 0. The van der Waals surface area contributed by atoms with Gasteiger partial charge in [-0.25, -0.2) is 0 Å². The van der Waals surface area contributed by atoms with Crippen LogP contribution in [0.25, 0.3) is 0 Å². The first-order valence-electron chi connectivity index (χ1n) is 15.8. The normalized spacial score (nSPS) is 46.5.